The fourth-order valence-corrected chi connectivity index (χ4v) is 2.94. The Labute approximate surface area is 118 Å². The number of carboxylic acid groups (broad SMARTS) is 1. The highest BCUT2D eigenvalue weighted by atomic mass is 16.7. The zero-order valence-electron chi connectivity index (χ0n) is 11.6. The smallest absolute Gasteiger partial charge is 0.450 e. The molecule has 0 aromatic carbocycles. The van der Waals surface area contributed by atoms with E-state index in [1.807, 2.05) is 0 Å². The minimum atomic E-state index is -1.28. The predicted molar refractivity (Wildman–Crippen MR) is 69.6 cm³/mol. The average molecular weight is 286 g/mol. The fraction of sp³-hybridized carbons (Fsp3) is 0.857. The van der Waals surface area contributed by atoms with E-state index in [4.69, 9.17) is 19.3 Å². The van der Waals surface area contributed by atoms with Crippen molar-refractivity contribution in [2.75, 3.05) is 0 Å². The first-order valence-corrected chi connectivity index (χ1v) is 7.40. The molecular formula is C14H22O6. The summed E-state index contributed by atoms with van der Waals surface area (Å²) in [7, 11) is 0. The number of rotatable bonds is 3. The highest BCUT2D eigenvalue weighted by Gasteiger charge is 2.28. The molecule has 2 fully saturated rings. The molecule has 2 atom stereocenters. The van der Waals surface area contributed by atoms with Crippen LogP contribution in [0.1, 0.15) is 57.8 Å². The van der Waals surface area contributed by atoms with Gasteiger partial charge in [-0.3, -0.25) is 0 Å². The minimum absolute atomic E-state index is 0.0223. The summed E-state index contributed by atoms with van der Waals surface area (Å²) in [6.45, 7) is 0. The Balaban J connectivity index is 1.71. The van der Waals surface area contributed by atoms with Crippen molar-refractivity contribution >= 4 is 12.3 Å². The molecule has 6 nitrogen and oxygen atoms in total. The Hall–Kier alpha value is -1.46. The molecule has 0 aromatic rings. The molecule has 0 spiro atoms. The lowest BCUT2D eigenvalue weighted by Crippen LogP contribution is -2.32. The van der Waals surface area contributed by atoms with Gasteiger partial charge in [0, 0.05) is 6.42 Å². The van der Waals surface area contributed by atoms with Crippen LogP contribution in [0.5, 0.6) is 0 Å². The summed E-state index contributed by atoms with van der Waals surface area (Å²) >= 11 is 0. The van der Waals surface area contributed by atoms with E-state index in [0.717, 1.165) is 38.5 Å². The van der Waals surface area contributed by atoms with Gasteiger partial charge >= 0.3 is 12.3 Å². The second-order valence-corrected chi connectivity index (χ2v) is 5.54. The lowest BCUT2D eigenvalue weighted by atomic mass is 9.95. The maximum atomic E-state index is 11.7. The Morgan fingerprint density at radius 1 is 0.750 bits per heavy atom. The van der Waals surface area contributed by atoms with Gasteiger partial charge in [-0.2, -0.15) is 0 Å². The van der Waals surface area contributed by atoms with Crippen LogP contribution in [0.2, 0.25) is 0 Å². The van der Waals surface area contributed by atoms with Gasteiger partial charge in [0.05, 0.1) is 0 Å². The third-order valence-corrected chi connectivity index (χ3v) is 3.92. The topological polar surface area (TPSA) is 82.1 Å². The number of hydrogen-bond acceptors (Lipinski definition) is 5. The molecule has 2 unspecified atom stereocenters. The van der Waals surface area contributed by atoms with Crippen LogP contribution in [0.25, 0.3) is 0 Å². The summed E-state index contributed by atoms with van der Waals surface area (Å²) in [4.78, 5) is 22.2. The highest BCUT2D eigenvalue weighted by Crippen LogP contribution is 2.25. The van der Waals surface area contributed by atoms with Gasteiger partial charge in [-0.05, 0) is 44.9 Å². The van der Waals surface area contributed by atoms with Gasteiger partial charge in [-0.1, -0.05) is 6.42 Å². The van der Waals surface area contributed by atoms with E-state index < -0.39 is 12.3 Å². The maximum Gasteiger partial charge on any atom is 0.508 e. The molecule has 114 valence electrons. The van der Waals surface area contributed by atoms with Crippen molar-refractivity contribution in [3.05, 3.63) is 0 Å². The lowest BCUT2D eigenvalue weighted by Gasteiger charge is -2.28. The Morgan fingerprint density at radius 2 is 1.30 bits per heavy atom. The molecule has 20 heavy (non-hydrogen) atoms. The van der Waals surface area contributed by atoms with Gasteiger partial charge in [0.2, 0.25) is 0 Å². The summed E-state index contributed by atoms with van der Waals surface area (Å²) in [5.41, 5.74) is 0. The first-order valence-electron chi connectivity index (χ1n) is 7.40. The van der Waals surface area contributed by atoms with Gasteiger partial charge in [0.1, 0.15) is 18.3 Å². The molecule has 0 saturated heterocycles. The van der Waals surface area contributed by atoms with Crippen molar-refractivity contribution in [3.63, 3.8) is 0 Å². The molecule has 0 aliphatic heterocycles. The molecule has 2 aliphatic rings. The van der Waals surface area contributed by atoms with E-state index in [0.29, 0.717) is 12.8 Å². The first kappa shape index (κ1) is 14.9. The van der Waals surface area contributed by atoms with E-state index in [1.54, 1.807) is 0 Å². The van der Waals surface area contributed by atoms with E-state index in [1.165, 1.54) is 6.42 Å². The van der Waals surface area contributed by atoms with Crippen molar-refractivity contribution in [2.45, 2.75) is 76.1 Å². The fourth-order valence-electron chi connectivity index (χ4n) is 2.94. The van der Waals surface area contributed by atoms with Crippen LogP contribution in [0, 0.1) is 0 Å². The first-order chi connectivity index (χ1) is 9.63. The van der Waals surface area contributed by atoms with Crippen LogP contribution < -0.4 is 0 Å². The van der Waals surface area contributed by atoms with Gasteiger partial charge in [-0.15, -0.1) is 0 Å². The lowest BCUT2D eigenvalue weighted by molar-refractivity contribution is -0.0423. The van der Waals surface area contributed by atoms with Gasteiger partial charge in [0.25, 0.3) is 0 Å². The molecular weight excluding hydrogens is 264 g/mol. The second-order valence-electron chi connectivity index (χ2n) is 5.54. The number of carbonyl (C=O) groups is 2. The van der Waals surface area contributed by atoms with Gasteiger partial charge in [-0.25, -0.2) is 9.59 Å². The van der Waals surface area contributed by atoms with E-state index in [-0.39, 0.29) is 18.3 Å². The Kier molecular flexibility index (Phi) is 5.49. The van der Waals surface area contributed by atoms with Crippen LogP contribution in [0.4, 0.5) is 9.59 Å². The highest BCUT2D eigenvalue weighted by molar-refractivity contribution is 5.60. The molecule has 0 radical (unpaired) electrons. The summed E-state index contributed by atoms with van der Waals surface area (Å²) in [6.07, 6.45) is 5.23. The van der Waals surface area contributed by atoms with Crippen molar-refractivity contribution in [3.8, 4) is 0 Å². The van der Waals surface area contributed by atoms with Gasteiger partial charge in [0.15, 0.2) is 0 Å². The summed E-state index contributed by atoms with van der Waals surface area (Å²) in [6, 6.07) is 0. The monoisotopic (exact) mass is 286 g/mol. The van der Waals surface area contributed by atoms with Crippen LogP contribution in [0.3, 0.4) is 0 Å². The predicted octanol–water partition coefficient (Wildman–Crippen LogP) is 3.48. The van der Waals surface area contributed by atoms with Crippen molar-refractivity contribution in [2.24, 2.45) is 0 Å². The largest absolute Gasteiger partial charge is 0.508 e. The van der Waals surface area contributed by atoms with E-state index >= 15 is 0 Å². The van der Waals surface area contributed by atoms with E-state index in [9.17, 15) is 9.59 Å². The SMILES string of the molecule is O=C(O)OC1CCCC(OC(=O)OC2CCCCC2)C1. The van der Waals surface area contributed by atoms with Crippen molar-refractivity contribution in [1.29, 1.82) is 0 Å². The quantitative estimate of drug-likeness (QED) is 0.800. The summed E-state index contributed by atoms with van der Waals surface area (Å²) in [5, 5.41) is 8.60. The molecule has 2 aliphatic carbocycles. The molecule has 6 heteroatoms. The van der Waals surface area contributed by atoms with Crippen LogP contribution >= 0.6 is 0 Å². The van der Waals surface area contributed by atoms with Crippen LogP contribution in [-0.2, 0) is 14.2 Å². The Morgan fingerprint density at radius 3 is 1.95 bits per heavy atom. The zero-order chi connectivity index (χ0) is 14.4. The van der Waals surface area contributed by atoms with Crippen LogP contribution in [0.15, 0.2) is 0 Å². The average Bonchev–Trinajstić information content (AvgIpc) is 2.39. The maximum absolute atomic E-state index is 11.7. The number of carbonyl (C=O) groups excluding carboxylic acids is 1. The molecule has 0 aromatic heterocycles. The molecule has 1 N–H and O–H groups in total. The molecule has 0 amide bonds. The normalized spacial score (nSPS) is 27.6. The second kappa shape index (κ2) is 7.36. The third kappa shape index (κ3) is 4.90. The van der Waals surface area contributed by atoms with Crippen molar-refractivity contribution in [1.82, 2.24) is 0 Å². The van der Waals surface area contributed by atoms with Crippen LogP contribution in [-0.4, -0.2) is 35.7 Å². The standard InChI is InChI=1S/C14H22O6/c15-13(16)18-11-7-4-8-12(9-11)20-14(17)19-10-5-2-1-3-6-10/h10-12H,1-9H2,(H,15,16). The number of hydrogen-bond donors (Lipinski definition) is 1. The molecule has 0 bridgehead atoms. The van der Waals surface area contributed by atoms with Gasteiger partial charge < -0.3 is 19.3 Å². The van der Waals surface area contributed by atoms with E-state index in [2.05, 4.69) is 0 Å². The summed E-state index contributed by atoms with van der Waals surface area (Å²) in [5.74, 6) is 0. The third-order valence-electron chi connectivity index (χ3n) is 3.92. The summed E-state index contributed by atoms with van der Waals surface area (Å²) < 4.78 is 15.3. The molecule has 0 heterocycles. The zero-order valence-corrected chi connectivity index (χ0v) is 11.6. The Bertz CT molecular complexity index is 337. The van der Waals surface area contributed by atoms with Crippen molar-refractivity contribution < 1.29 is 28.9 Å². The minimum Gasteiger partial charge on any atom is -0.450 e. The molecule has 2 saturated carbocycles. The molecule has 2 rings (SSSR count). The number of ether oxygens (including phenoxy) is 3.